The fourth-order valence-corrected chi connectivity index (χ4v) is 3.63. The second kappa shape index (κ2) is 3.67. The van der Waals surface area contributed by atoms with Gasteiger partial charge in [0.1, 0.15) is 5.82 Å². The van der Waals surface area contributed by atoms with E-state index in [0.717, 1.165) is 25.5 Å². The van der Waals surface area contributed by atoms with E-state index < -0.39 is 0 Å². The van der Waals surface area contributed by atoms with Crippen LogP contribution in [-0.2, 0) is 5.33 Å². The Morgan fingerprint density at radius 2 is 2.23 bits per heavy atom. The van der Waals surface area contributed by atoms with E-state index in [2.05, 4.69) is 31.9 Å². The van der Waals surface area contributed by atoms with Gasteiger partial charge in [0.2, 0.25) is 0 Å². The van der Waals surface area contributed by atoms with Gasteiger partial charge < -0.3 is 0 Å². The van der Waals surface area contributed by atoms with Crippen LogP contribution in [0.2, 0.25) is 0 Å². The van der Waals surface area contributed by atoms with Crippen LogP contribution in [-0.4, -0.2) is 0 Å². The summed E-state index contributed by atoms with van der Waals surface area (Å²) >= 11 is 8.17. The minimum Gasteiger partial charge on any atom is -0.205 e. The number of benzene rings is 1. The SMILES string of the molecule is Fc1cc(Br)c(CBr)c2ccsc12. The summed E-state index contributed by atoms with van der Waals surface area (Å²) in [5.41, 5.74) is 1.11. The maximum Gasteiger partial charge on any atom is 0.142 e. The van der Waals surface area contributed by atoms with Crippen molar-refractivity contribution in [3.8, 4) is 0 Å². The first kappa shape index (κ1) is 9.62. The Hall–Kier alpha value is 0.0700. The van der Waals surface area contributed by atoms with Gasteiger partial charge in [0.05, 0.1) is 4.70 Å². The Bertz CT molecular complexity index is 450. The minimum absolute atomic E-state index is 0.151. The van der Waals surface area contributed by atoms with Crippen molar-refractivity contribution >= 4 is 53.3 Å². The summed E-state index contributed by atoms with van der Waals surface area (Å²) in [6.07, 6.45) is 0. The molecule has 1 aromatic heterocycles. The highest BCUT2D eigenvalue weighted by molar-refractivity contribution is 9.10. The molecule has 0 amide bonds. The Balaban J connectivity index is 2.88. The van der Waals surface area contributed by atoms with Crippen molar-refractivity contribution in [2.75, 3.05) is 0 Å². The Kier molecular flexibility index (Phi) is 2.72. The topological polar surface area (TPSA) is 0 Å². The van der Waals surface area contributed by atoms with E-state index in [-0.39, 0.29) is 5.82 Å². The molecular weight excluding hydrogens is 319 g/mol. The van der Waals surface area contributed by atoms with E-state index in [1.165, 1.54) is 17.4 Å². The molecule has 0 nitrogen and oxygen atoms in total. The lowest BCUT2D eigenvalue weighted by molar-refractivity contribution is 0.640. The van der Waals surface area contributed by atoms with Crippen molar-refractivity contribution in [3.63, 3.8) is 0 Å². The van der Waals surface area contributed by atoms with Gasteiger partial charge in [0.25, 0.3) is 0 Å². The highest BCUT2D eigenvalue weighted by Gasteiger charge is 2.10. The summed E-state index contributed by atoms with van der Waals surface area (Å²) < 4.78 is 14.9. The van der Waals surface area contributed by atoms with E-state index >= 15 is 0 Å². The highest BCUT2D eigenvalue weighted by atomic mass is 79.9. The molecule has 0 saturated heterocycles. The van der Waals surface area contributed by atoms with Gasteiger partial charge in [-0.3, -0.25) is 0 Å². The lowest BCUT2D eigenvalue weighted by Gasteiger charge is -2.02. The molecule has 1 heterocycles. The molecule has 0 bridgehead atoms. The van der Waals surface area contributed by atoms with Crippen LogP contribution in [0.15, 0.2) is 22.0 Å². The summed E-state index contributed by atoms with van der Waals surface area (Å²) in [7, 11) is 0. The quantitative estimate of drug-likeness (QED) is 0.667. The molecule has 0 spiro atoms. The van der Waals surface area contributed by atoms with Gasteiger partial charge in [-0.05, 0) is 23.1 Å². The van der Waals surface area contributed by atoms with Gasteiger partial charge >= 0.3 is 0 Å². The molecule has 4 heteroatoms. The number of thiophene rings is 1. The van der Waals surface area contributed by atoms with Crippen LogP contribution in [0.25, 0.3) is 10.1 Å². The van der Waals surface area contributed by atoms with E-state index in [4.69, 9.17) is 0 Å². The number of hydrogen-bond acceptors (Lipinski definition) is 1. The first-order valence-corrected chi connectivity index (χ1v) is 6.43. The van der Waals surface area contributed by atoms with Crippen molar-refractivity contribution < 1.29 is 4.39 Å². The fraction of sp³-hybridized carbons (Fsp3) is 0.111. The first-order chi connectivity index (χ1) is 6.24. The molecule has 0 aliphatic heterocycles. The van der Waals surface area contributed by atoms with Crippen molar-refractivity contribution in [1.29, 1.82) is 0 Å². The monoisotopic (exact) mass is 322 g/mol. The predicted molar refractivity (Wildman–Crippen MR) is 62.1 cm³/mol. The third-order valence-electron chi connectivity index (χ3n) is 1.88. The second-order valence-electron chi connectivity index (χ2n) is 2.62. The summed E-state index contributed by atoms with van der Waals surface area (Å²) in [5.74, 6) is -0.151. The van der Waals surface area contributed by atoms with Crippen molar-refractivity contribution in [2.45, 2.75) is 5.33 Å². The van der Waals surface area contributed by atoms with E-state index in [9.17, 15) is 4.39 Å². The molecule has 0 unspecified atom stereocenters. The van der Waals surface area contributed by atoms with Gasteiger partial charge in [-0.25, -0.2) is 4.39 Å². The van der Waals surface area contributed by atoms with Crippen LogP contribution in [0.5, 0.6) is 0 Å². The highest BCUT2D eigenvalue weighted by Crippen LogP contribution is 2.33. The molecule has 2 rings (SSSR count). The van der Waals surface area contributed by atoms with Gasteiger partial charge in [-0.1, -0.05) is 31.9 Å². The molecule has 0 saturated carbocycles. The standard InChI is InChI=1S/C9H5Br2FS/c10-4-6-5-1-2-13-9(5)8(12)3-7(6)11/h1-3H,4H2. The molecule has 0 N–H and O–H groups in total. The molecule has 0 aliphatic rings. The van der Waals surface area contributed by atoms with E-state index in [1.54, 1.807) is 0 Å². The number of fused-ring (bicyclic) bond motifs is 1. The summed E-state index contributed by atoms with van der Waals surface area (Å²) in [6.45, 7) is 0. The molecule has 2 aromatic rings. The number of halogens is 3. The zero-order valence-electron chi connectivity index (χ0n) is 6.48. The average molecular weight is 324 g/mol. The Morgan fingerprint density at radius 1 is 1.46 bits per heavy atom. The van der Waals surface area contributed by atoms with E-state index in [0.29, 0.717) is 0 Å². The number of alkyl halides is 1. The zero-order chi connectivity index (χ0) is 9.42. The Morgan fingerprint density at radius 3 is 2.92 bits per heavy atom. The second-order valence-corrected chi connectivity index (χ2v) is 4.95. The molecule has 0 aliphatic carbocycles. The molecule has 0 fully saturated rings. The normalized spacial score (nSPS) is 11.0. The van der Waals surface area contributed by atoms with Crippen molar-refractivity contribution in [2.24, 2.45) is 0 Å². The minimum atomic E-state index is -0.151. The lowest BCUT2D eigenvalue weighted by Crippen LogP contribution is -1.84. The zero-order valence-corrected chi connectivity index (χ0v) is 10.5. The van der Waals surface area contributed by atoms with E-state index in [1.807, 2.05) is 11.4 Å². The lowest BCUT2D eigenvalue weighted by atomic mass is 10.1. The molecule has 1 aromatic carbocycles. The van der Waals surface area contributed by atoms with Gasteiger partial charge in [-0.2, -0.15) is 0 Å². The molecular formula is C9H5Br2FS. The van der Waals surface area contributed by atoms with Gasteiger partial charge in [-0.15, -0.1) is 11.3 Å². The number of hydrogen-bond donors (Lipinski definition) is 0. The third kappa shape index (κ3) is 1.55. The smallest absolute Gasteiger partial charge is 0.142 e. The van der Waals surface area contributed by atoms with Crippen LogP contribution in [0.4, 0.5) is 4.39 Å². The maximum atomic E-state index is 13.4. The van der Waals surface area contributed by atoms with Gasteiger partial charge in [0.15, 0.2) is 0 Å². The fourth-order valence-electron chi connectivity index (χ4n) is 1.26. The van der Waals surface area contributed by atoms with Crippen molar-refractivity contribution in [3.05, 3.63) is 33.4 Å². The van der Waals surface area contributed by atoms with Crippen LogP contribution in [0, 0.1) is 5.82 Å². The Labute approximate surface area is 96.0 Å². The summed E-state index contributed by atoms with van der Waals surface area (Å²) in [4.78, 5) is 0. The first-order valence-electron chi connectivity index (χ1n) is 3.64. The molecule has 13 heavy (non-hydrogen) atoms. The van der Waals surface area contributed by atoms with Gasteiger partial charge in [0, 0.05) is 15.2 Å². The molecule has 0 radical (unpaired) electrons. The van der Waals surface area contributed by atoms with Crippen LogP contribution >= 0.6 is 43.2 Å². The van der Waals surface area contributed by atoms with Crippen LogP contribution in [0.1, 0.15) is 5.56 Å². The predicted octanol–water partition coefficient (Wildman–Crippen LogP) is 4.70. The summed E-state index contributed by atoms with van der Waals surface area (Å²) in [5, 5.41) is 3.64. The third-order valence-corrected chi connectivity index (χ3v) is 4.07. The van der Waals surface area contributed by atoms with Crippen molar-refractivity contribution in [1.82, 2.24) is 0 Å². The van der Waals surface area contributed by atoms with Crippen LogP contribution in [0.3, 0.4) is 0 Å². The number of rotatable bonds is 1. The maximum absolute atomic E-state index is 13.4. The summed E-state index contributed by atoms with van der Waals surface area (Å²) in [6, 6.07) is 3.47. The molecule has 0 atom stereocenters. The average Bonchev–Trinajstić information content (AvgIpc) is 2.53. The molecule has 68 valence electrons. The van der Waals surface area contributed by atoms with Crippen LogP contribution < -0.4 is 0 Å². The largest absolute Gasteiger partial charge is 0.205 e.